The largest absolute Gasteiger partial charge is 0.489 e. The van der Waals surface area contributed by atoms with Gasteiger partial charge in [-0.15, -0.1) is 0 Å². The second-order valence-electron chi connectivity index (χ2n) is 6.60. The smallest absolute Gasteiger partial charge is 0.232 e. The minimum absolute atomic E-state index is 0.141. The van der Waals surface area contributed by atoms with Gasteiger partial charge in [-0.3, -0.25) is 4.79 Å². The molecule has 0 bridgehead atoms. The van der Waals surface area contributed by atoms with Crippen molar-refractivity contribution in [3.05, 3.63) is 97.1 Å². The van der Waals surface area contributed by atoms with Crippen molar-refractivity contribution >= 4 is 51.0 Å². The van der Waals surface area contributed by atoms with Crippen molar-refractivity contribution in [2.45, 2.75) is 13.5 Å². The van der Waals surface area contributed by atoms with Gasteiger partial charge >= 0.3 is 0 Å². The summed E-state index contributed by atoms with van der Waals surface area (Å²) in [5.74, 6) is 1.20. The van der Waals surface area contributed by atoms with Gasteiger partial charge in [-0.05, 0) is 54.5 Å². The van der Waals surface area contributed by atoms with Crippen molar-refractivity contribution in [2.75, 3.05) is 0 Å². The fourth-order valence-corrected chi connectivity index (χ4v) is 4.06. The summed E-state index contributed by atoms with van der Waals surface area (Å²) in [5.41, 5.74) is 2.92. The van der Waals surface area contributed by atoms with Crippen molar-refractivity contribution < 1.29 is 14.3 Å². The summed E-state index contributed by atoms with van der Waals surface area (Å²) in [4.78, 5) is 12.8. The molecular weight excluding hydrogens is 475 g/mol. The molecule has 146 valence electrons. The highest BCUT2D eigenvalue weighted by Gasteiger charge is 2.30. The standard InChI is InChI=1S/C23H15BrCl2O3/c1-13-8-16(28-12-17-18(25)6-3-7-19(17)26)11-20-22(13)23(27)21(29-20)10-14-4-2-5-15(24)9-14/h2-11H,12H2,1H3/b21-10-. The number of carbonyl (C=O) groups is 1. The zero-order valence-electron chi connectivity index (χ0n) is 15.3. The molecule has 0 aromatic heterocycles. The zero-order chi connectivity index (χ0) is 20.5. The first-order valence-corrected chi connectivity index (χ1v) is 10.4. The first kappa shape index (κ1) is 20.0. The molecule has 0 saturated carbocycles. The topological polar surface area (TPSA) is 35.5 Å². The van der Waals surface area contributed by atoms with Crippen LogP contribution in [0.4, 0.5) is 0 Å². The molecule has 0 fully saturated rings. The highest BCUT2D eigenvalue weighted by molar-refractivity contribution is 9.10. The van der Waals surface area contributed by atoms with Crippen molar-refractivity contribution in [2.24, 2.45) is 0 Å². The van der Waals surface area contributed by atoms with E-state index in [9.17, 15) is 4.79 Å². The number of hydrogen-bond acceptors (Lipinski definition) is 3. The summed E-state index contributed by atoms with van der Waals surface area (Å²) in [5, 5.41) is 1.09. The van der Waals surface area contributed by atoms with Crippen LogP contribution in [0.3, 0.4) is 0 Å². The predicted molar refractivity (Wildman–Crippen MR) is 119 cm³/mol. The number of rotatable bonds is 4. The van der Waals surface area contributed by atoms with Gasteiger partial charge < -0.3 is 9.47 Å². The maximum absolute atomic E-state index is 12.8. The summed E-state index contributed by atoms with van der Waals surface area (Å²) >= 11 is 15.8. The molecular formula is C23H15BrCl2O3. The molecule has 0 unspecified atom stereocenters. The number of fused-ring (bicyclic) bond motifs is 1. The van der Waals surface area contributed by atoms with Gasteiger partial charge in [0, 0.05) is 26.1 Å². The second-order valence-corrected chi connectivity index (χ2v) is 8.33. The Balaban J connectivity index is 1.59. The normalized spacial score (nSPS) is 14.1. The van der Waals surface area contributed by atoms with Crippen molar-refractivity contribution in [1.29, 1.82) is 0 Å². The van der Waals surface area contributed by atoms with E-state index in [4.69, 9.17) is 32.7 Å². The average molecular weight is 490 g/mol. The Kier molecular flexibility index (Phi) is 5.68. The lowest BCUT2D eigenvalue weighted by Gasteiger charge is -2.11. The van der Waals surface area contributed by atoms with Crippen LogP contribution in [-0.4, -0.2) is 5.78 Å². The van der Waals surface area contributed by atoms with Crippen LogP contribution in [0.1, 0.15) is 27.0 Å². The Morgan fingerprint density at radius 1 is 1.07 bits per heavy atom. The van der Waals surface area contributed by atoms with Crippen LogP contribution >= 0.6 is 39.1 Å². The Labute approximate surface area is 187 Å². The number of allylic oxidation sites excluding steroid dienone is 1. The fourth-order valence-electron chi connectivity index (χ4n) is 3.13. The summed E-state index contributed by atoms with van der Waals surface area (Å²) in [6.45, 7) is 2.07. The molecule has 3 aromatic rings. The van der Waals surface area contributed by atoms with Crippen LogP contribution in [-0.2, 0) is 6.61 Å². The molecule has 29 heavy (non-hydrogen) atoms. The number of hydrogen-bond donors (Lipinski definition) is 0. The van der Waals surface area contributed by atoms with E-state index in [0.29, 0.717) is 32.7 Å². The molecule has 3 nitrogen and oxygen atoms in total. The van der Waals surface area contributed by atoms with E-state index in [1.165, 1.54) is 0 Å². The Bertz CT molecular complexity index is 1130. The highest BCUT2D eigenvalue weighted by atomic mass is 79.9. The summed E-state index contributed by atoms with van der Waals surface area (Å²) in [6, 6.07) is 16.5. The van der Waals surface area contributed by atoms with Gasteiger partial charge in [0.1, 0.15) is 18.1 Å². The fraction of sp³-hybridized carbons (Fsp3) is 0.0870. The molecule has 3 aromatic carbocycles. The molecule has 1 aliphatic rings. The molecule has 1 aliphatic heterocycles. The summed E-state index contributed by atoms with van der Waals surface area (Å²) in [6.07, 6.45) is 1.73. The number of ketones is 1. The molecule has 0 radical (unpaired) electrons. The summed E-state index contributed by atoms with van der Waals surface area (Å²) < 4.78 is 12.7. The minimum Gasteiger partial charge on any atom is -0.489 e. The van der Waals surface area contributed by atoms with Gasteiger partial charge in [0.05, 0.1) is 5.56 Å². The zero-order valence-corrected chi connectivity index (χ0v) is 18.4. The first-order valence-electron chi connectivity index (χ1n) is 8.82. The van der Waals surface area contributed by atoms with Crippen molar-refractivity contribution in [3.8, 4) is 11.5 Å². The molecule has 0 aliphatic carbocycles. The second kappa shape index (κ2) is 8.23. The van der Waals surface area contributed by atoms with Gasteiger partial charge in [0.2, 0.25) is 5.78 Å². The van der Waals surface area contributed by atoms with E-state index in [0.717, 1.165) is 15.6 Å². The Morgan fingerprint density at radius 3 is 2.52 bits per heavy atom. The molecule has 0 N–H and O–H groups in total. The van der Waals surface area contributed by atoms with Crippen LogP contribution in [0, 0.1) is 6.92 Å². The quantitative estimate of drug-likeness (QED) is 0.362. The number of halogens is 3. The van der Waals surface area contributed by atoms with Crippen molar-refractivity contribution in [3.63, 3.8) is 0 Å². The Hall–Kier alpha value is -2.27. The average Bonchev–Trinajstić information content (AvgIpc) is 2.97. The van der Waals surface area contributed by atoms with Gasteiger partial charge in [-0.1, -0.05) is 57.3 Å². The summed E-state index contributed by atoms with van der Waals surface area (Å²) in [7, 11) is 0. The third-order valence-corrected chi connectivity index (χ3v) is 5.74. The molecule has 0 amide bonds. The van der Waals surface area contributed by atoms with E-state index in [1.54, 1.807) is 30.3 Å². The van der Waals surface area contributed by atoms with Crippen LogP contribution in [0.15, 0.2) is 64.8 Å². The lowest BCUT2D eigenvalue weighted by molar-refractivity contribution is 0.101. The van der Waals surface area contributed by atoms with E-state index >= 15 is 0 Å². The third-order valence-electron chi connectivity index (χ3n) is 4.53. The molecule has 1 heterocycles. The van der Waals surface area contributed by atoms with Gasteiger partial charge in [-0.25, -0.2) is 0 Å². The first-order chi connectivity index (χ1) is 13.9. The van der Waals surface area contributed by atoms with Gasteiger partial charge in [0.15, 0.2) is 5.76 Å². The lowest BCUT2D eigenvalue weighted by atomic mass is 10.0. The predicted octanol–water partition coefficient (Wildman–Crippen LogP) is 7.26. The van der Waals surface area contributed by atoms with Gasteiger partial charge in [-0.2, -0.15) is 0 Å². The lowest BCUT2D eigenvalue weighted by Crippen LogP contribution is -2.00. The minimum atomic E-state index is -0.141. The molecule has 0 atom stereocenters. The maximum atomic E-state index is 12.8. The highest BCUT2D eigenvalue weighted by Crippen LogP contribution is 2.38. The number of ether oxygens (including phenoxy) is 2. The van der Waals surface area contributed by atoms with E-state index in [-0.39, 0.29) is 18.1 Å². The molecule has 0 spiro atoms. The number of Topliss-reactive ketones (excluding diaryl/α,β-unsaturated/α-hetero) is 1. The van der Waals surface area contributed by atoms with E-state index in [1.807, 2.05) is 37.3 Å². The van der Waals surface area contributed by atoms with E-state index in [2.05, 4.69) is 15.9 Å². The van der Waals surface area contributed by atoms with Crippen LogP contribution in [0.25, 0.3) is 6.08 Å². The van der Waals surface area contributed by atoms with E-state index < -0.39 is 0 Å². The van der Waals surface area contributed by atoms with Crippen LogP contribution < -0.4 is 9.47 Å². The number of benzene rings is 3. The van der Waals surface area contributed by atoms with Crippen LogP contribution in [0.2, 0.25) is 10.0 Å². The van der Waals surface area contributed by atoms with Gasteiger partial charge in [0.25, 0.3) is 0 Å². The molecule has 6 heteroatoms. The number of aryl methyl sites for hydroxylation is 1. The maximum Gasteiger partial charge on any atom is 0.232 e. The molecule has 0 saturated heterocycles. The Morgan fingerprint density at radius 2 is 1.79 bits per heavy atom. The van der Waals surface area contributed by atoms with Crippen molar-refractivity contribution in [1.82, 2.24) is 0 Å². The molecule has 4 rings (SSSR count). The monoisotopic (exact) mass is 488 g/mol. The SMILES string of the molecule is Cc1cc(OCc2c(Cl)cccc2Cl)cc2c1C(=O)/C(=C/c1cccc(Br)c1)O2. The third kappa shape index (κ3) is 4.20. The van der Waals surface area contributed by atoms with Crippen LogP contribution in [0.5, 0.6) is 11.5 Å². The number of carbonyl (C=O) groups excluding carboxylic acids is 1.